The van der Waals surface area contributed by atoms with Gasteiger partial charge in [-0.15, -0.1) is 0 Å². The summed E-state index contributed by atoms with van der Waals surface area (Å²) in [5.74, 6) is 0.873. The highest BCUT2D eigenvalue weighted by Gasteiger charge is 2.04. The summed E-state index contributed by atoms with van der Waals surface area (Å²) < 4.78 is 5.63. The van der Waals surface area contributed by atoms with Crippen molar-refractivity contribution in [3.63, 3.8) is 0 Å². The van der Waals surface area contributed by atoms with Crippen molar-refractivity contribution in [1.29, 1.82) is 5.26 Å². The third-order valence-corrected chi connectivity index (χ3v) is 2.19. The van der Waals surface area contributed by atoms with Gasteiger partial charge in [0.25, 0.3) is 0 Å². The fourth-order valence-electron chi connectivity index (χ4n) is 1.41. The largest absolute Gasteiger partial charge is 0.493 e. The lowest BCUT2D eigenvalue weighted by atomic mass is 10.1. The van der Waals surface area contributed by atoms with Gasteiger partial charge in [-0.3, -0.25) is 0 Å². The van der Waals surface area contributed by atoms with E-state index in [9.17, 15) is 0 Å². The first kappa shape index (κ1) is 11.5. The van der Waals surface area contributed by atoms with Crippen molar-refractivity contribution < 1.29 is 4.74 Å². The average Bonchev–Trinajstić information content (AvgIpc) is 2.26. The highest BCUT2D eigenvalue weighted by atomic mass is 16.5. The van der Waals surface area contributed by atoms with E-state index in [1.165, 1.54) is 0 Å². The predicted octanol–water partition coefficient (Wildman–Crippen LogP) is 2.14. The van der Waals surface area contributed by atoms with Crippen molar-refractivity contribution in [2.45, 2.75) is 26.3 Å². The lowest BCUT2D eigenvalue weighted by molar-refractivity contribution is 0.307. The van der Waals surface area contributed by atoms with E-state index in [2.05, 4.69) is 6.07 Å². The third kappa shape index (κ3) is 3.26. The number of nitrogens with two attached hydrogens (primary N) is 1. The van der Waals surface area contributed by atoms with Crippen LogP contribution in [0.2, 0.25) is 0 Å². The molecule has 0 unspecified atom stereocenters. The van der Waals surface area contributed by atoms with Crippen LogP contribution in [0.4, 0.5) is 0 Å². The first-order valence-electron chi connectivity index (χ1n) is 5.08. The molecule has 0 heterocycles. The van der Waals surface area contributed by atoms with Gasteiger partial charge in [-0.1, -0.05) is 18.2 Å². The van der Waals surface area contributed by atoms with Crippen molar-refractivity contribution in [1.82, 2.24) is 0 Å². The van der Waals surface area contributed by atoms with E-state index in [0.717, 1.165) is 23.3 Å². The molecule has 0 aliphatic carbocycles. The van der Waals surface area contributed by atoms with Crippen LogP contribution in [-0.2, 0) is 6.54 Å². The third-order valence-electron chi connectivity index (χ3n) is 2.19. The van der Waals surface area contributed by atoms with E-state index < -0.39 is 0 Å². The second-order valence-electron chi connectivity index (χ2n) is 3.38. The number of hydrogen-bond donors (Lipinski definition) is 1. The van der Waals surface area contributed by atoms with Crippen LogP contribution in [0, 0.1) is 18.3 Å². The van der Waals surface area contributed by atoms with Gasteiger partial charge in [0.1, 0.15) is 5.75 Å². The van der Waals surface area contributed by atoms with E-state index in [1.54, 1.807) is 0 Å². The molecule has 2 N–H and O–H groups in total. The summed E-state index contributed by atoms with van der Waals surface area (Å²) in [7, 11) is 0. The fourth-order valence-corrected chi connectivity index (χ4v) is 1.41. The molecule has 0 bridgehead atoms. The molecule has 1 aromatic rings. The molecule has 0 aromatic heterocycles. The van der Waals surface area contributed by atoms with Crippen LogP contribution in [-0.4, -0.2) is 6.61 Å². The van der Waals surface area contributed by atoms with Crippen LogP contribution in [0.5, 0.6) is 5.75 Å². The van der Waals surface area contributed by atoms with Gasteiger partial charge in [0, 0.05) is 18.5 Å². The van der Waals surface area contributed by atoms with Gasteiger partial charge < -0.3 is 10.5 Å². The molecule has 3 heteroatoms. The number of benzene rings is 1. The summed E-state index contributed by atoms with van der Waals surface area (Å²) >= 11 is 0. The Labute approximate surface area is 90.5 Å². The van der Waals surface area contributed by atoms with Gasteiger partial charge in [-0.25, -0.2) is 0 Å². The highest BCUT2D eigenvalue weighted by molar-refractivity contribution is 5.40. The van der Waals surface area contributed by atoms with Crippen LogP contribution >= 0.6 is 0 Å². The number of nitriles is 1. The molecule has 0 fully saturated rings. The van der Waals surface area contributed by atoms with E-state index in [1.807, 2.05) is 25.1 Å². The number of ether oxygens (including phenoxy) is 1. The SMILES string of the molecule is Cc1cccc(CN)c1OCCCC#N. The predicted molar refractivity (Wildman–Crippen MR) is 59.4 cm³/mol. The summed E-state index contributed by atoms with van der Waals surface area (Å²) in [6.07, 6.45) is 1.29. The van der Waals surface area contributed by atoms with Crippen LogP contribution in [0.1, 0.15) is 24.0 Å². The lowest BCUT2D eigenvalue weighted by Crippen LogP contribution is -2.05. The summed E-state index contributed by atoms with van der Waals surface area (Å²) in [6.45, 7) is 3.06. The topological polar surface area (TPSA) is 59.0 Å². The standard InChI is InChI=1S/C12H16N2O/c1-10-5-4-6-11(9-14)12(10)15-8-3-2-7-13/h4-6H,2-3,8-9,14H2,1H3. The average molecular weight is 204 g/mol. The van der Waals surface area contributed by atoms with E-state index in [0.29, 0.717) is 19.6 Å². The Morgan fingerprint density at radius 3 is 2.93 bits per heavy atom. The van der Waals surface area contributed by atoms with Gasteiger partial charge in [0.2, 0.25) is 0 Å². The number of nitrogens with zero attached hydrogens (tertiary/aromatic N) is 1. The van der Waals surface area contributed by atoms with Crippen molar-refractivity contribution in [2.24, 2.45) is 5.73 Å². The molecular formula is C12H16N2O. The Hall–Kier alpha value is -1.53. The van der Waals surface area contributed by atoms with Crippen molar-refractivity contribution in [2.75, 3.05) is 6.61 Å². The van der Waals surface area contributed by atoms with E-state index >= 15 is 0 Å². The minimum absolute atomic E-state index is 0.481. The molecule has 0 spiro atoms. The number of unbranched alkanes of at least 4 members (excludes halogenated alkanes) is 1. The zero-order valence-electron chi connectivity index (χ0n) is 8.99. The minimum atomic E-state index is 0.481. The highest BCUT2D eigenvalue weighted by Crippen LogP contribution is 2.23. The molecule has 80 valence electrons. The summed E-state index contributed by atoms with van der Waals surface area (Å²) in [5, 5.41) is 8.39. The smallest absolute Gasteiger partial charge is 0.126 e. The molecule has 1 rings (SSSR count). The molecular weight excluding hydrogens is 188 g/mol. The van der Waals surface area contributed by atoms with Crippen LogP contribution in [0.3, 0.4) is 0 Å². The lowest BCUT2D eigenvalue weighted by Gasteiger charge is -2.12. The Kier molecular flexibility index (Phi) is 4.65. The van der Waals surface area contributed by atoms with Gasteiger partial charge in [-0.05, 0) is 18.9 Å². The Balaban J connectivity index is 2.63. The molecule has 0 amide bonds. The molecule has 0 radical (unpaired) electrons. The number of rotatable bonds is 5. The van der Waals surface area contributed by atoms with Crippen LogP contribution < -0.4 is 10.5 Å². The maximum Gasteiger partial charge on any atom is 0.126 e. The van der Waals surface area contributed by atoms with E-state index in [-0.39, 0.29) is 0 Å². The first-order valence-corrected chi connectivity index (χ1v) is 5.08. The second-order valence-corrected chi connectivity index (χ2v) is 3.38. The number of hydrogen-bond acceptors (Lipinski definition) is 3. The molecule has 0 aliphatic rings. The maximum atomic E-state index is 8.39. The second kappa shape index (κ2) is 6.05. The van der Waals surface area contributed by atoms with E-state index in [4.69, 9.17) is 15.7 Å². The number of aryl methyl sites for hydroxylation is 1. The molecule has 0 atom stereocenters. The first-order chi connectivity index (χ1) is 7.29. The van der Waals surface area contributed by atoms with Gasteiger partial charge >= 0.3 is 0 Å². The summed E-state index contributed by atoms with van der Waals surface area (Å²) in [6, 6.07) is 8.03. The normalized spacial score (nSPS) is 9.67. The maximum absolute atomic E-state index is 8.39. The summed E-state index contributed by atoms with van der Waals surface area (Å²) in [5.41, 5.74) is 7.73. The zero-order valence-corrected chi connectivity index (χ0v) is 8.99. The molecule has 0 saturated heterocycles. The minimum Gasteiger partial charge on any atom is -0.493 e. The van der Waals surface area contributed by atoms with Crippen LogP contribution in [0.15, 0.2) is 18.2 Å². The van der Waals surface area contributed by atoms with Crippen molar-refractivity contribution in [3.05, 3.63) is 29.3 Å². The quantitative estimate of drug-likeness (QED) is 0.747. The molecule has 15 heavy (non-hydrogen) atoms. The van der Waals surface area contributed by atoms with Gasteiger partial charge in [-0.2, -0.15) is 5.26 Å². The molecule has 3 nitrogen and oxygen atoms in total. The molecule has 0 saturated carbocycles. The van der Waals surface area contributed by atoms with Crippen molar-refractivity contribution in [3.8, 4) is 11.8 Å². The van der Waals surface area contributed by atoms with Gasteiger partial charge in [0.15, 0.2) is 0 Å². The Morgan fingerprint density at radius 2 is 2.27 bits per heavy atom. The van der Waals surface area contributed by atoms with Crippen molar-refractivity contribution >= 4 is 0 Å². The number of para-hydroxylation sites is 1. The zero-order chi connectivity index (χ0) is 11.1. The monoisotopic (exact) mass is 204 g/mol. The summed E-state index contributed by atoms with van der Waals surface area (Å²) in [4.78, 5) is 0. The fraction of sp³-hybridized carbons (Fsp3) is 0.417. The Bertz CT molecular complexity index is 355. The van der Waals surface area contributed by atoms with Gasteiger partial charge in [0.05, 0.1) is 12.7 Å². The Morgan fingerprint density at radius 1 is 1.47 bits per heavy atom. The molecule has 1 aromatic carbocycles. The van der Waals surface area contributed by atoms with Crippen LogP contribution in [0.25, 0.3) is 0 Å². The molecule has 0 aliphatic heterocycles.